The quantitative estimate of drug-likeness (QED) is 0.588. The number of aliphatic hydroxyl groups is 1. The number of aryl methyl sites for hydroxylation is 1. The number of aliphatic hydroxyl groups excluding tert-OH is 1. The molecule has 0 aromatic heterocycles. The van der Waals surface area contributed by atoms with Crippen LogP contribution in [0.5, 0.6) is 0 Å². The normalized spacial score (nSPS) is 13.1. The van der Waals surface area contributed by atoms with Crippen LogP contribution in [0.3, 0.4) is 0 Å². The molecule has 0 heterocycles. The molecule has 0 saturated heterocycles. The Morgan fingerprint density at radius 3 is 2.47 bits per heavy atom. The van der Waals surface area contributed by atoms with Gasteiger partial charge in [-0.15, -0.1) is 0 Å². The maximum Gasteiger partial charge on any atom is 0.115 e. The number of hydrogen-bond donors (Lipinski definition) is 1. The van der Waals surface area contributed by atoms with Gasteiger partial charge >= 0.3 is 0 Å². The summed E-state index contributed by atoms with van der Waals surface area (Å²) in [6.45, 7) is 7.53. The molecule has 1 nitrogen and oxygen atoms in total. The molecule has 1 rings (SSSR count). The molecule has 0 radical (unpaired) electrons. The number of benzene rings is 1. The maximum atomic E-state index is 9.43. The molecule has 0 spiro atoms. The van der Waals surface area contributed by atoms with E-state index in [0.29, 0.717) is 0 Å². The predicted octanol–water partition coefficient (Wildman–Crippen LogP) is 4.58. The molecule has 0 bridgehead atoms. The third kappa shape index (κ3) is 5.03. The van der Waals surface area contributed by atoms with E-state index in [1.165, 1.54) is 5.56 Å². The molecule has 1 aromatic carbocycles. The monoisotopic (exact) mass is 226 g/mol. The smallest absolute Gasteiger partial charge is 0.115 e. The summed E-state index contributed by atoms with van der Waals surface area (Å²) in [7, 11) is 0. The third-order valence-corrected chi connectivity index (χ3v) is 2.28. The molecule has 1 aromatic rings. The largest absolute Gasteiger partial charge is 0.508 e. The molecule has 88 valence electrons. The topological polar surface area (TPSA) is 20.2 Å². The molecule has 0 saturated carbocycles. The Balaban J connectivity index is 2.74. The van der Waals surface area contributed by atoms with Crippen LogP contribution in [0, 0.1) is 6.92 Å². The SMILES string of the molecule is C=C\C=C(O)/C=C(C)/C=C/c1ccc(C)cc1. The van der Waals surface area contributed by atoms with E-state index in [1.807, 2.05) is 19.1 Å². The van der Waals surface area contributed by atoms with Crippen molar-refractivity contribution in [2.24, 2.45) is 0 Å². The van der Waals surface area contributed by atoms with Crippen LogP contribution in [0.25, 0.3) is 6.08 Å². The lowest BCUT2D eigenvalue weighted by atomic mass is 10.1. The summed E-state index contributed by atoms with van der Waals surface area (Å²) < 4.78 is 0. The molecular weight excluding hydrogens is 208 g/mol. The van der Waals surface area contributed by atoms with Crippen molar-refractivity contribution in [3.63, 3.8) is 0 Å². The average Bonchev–Trinajstić information content (AvgIpc) is 2.28. The highest BCUT2D eigenvalue weighted by molar-refractivity contribution is 5.53. The minimum atomic E-state index is 0.214. The molecule has 1 N–H and O–H groups in total. The van der Waals surface area contributed by atoms with Gasteiger partial charge in [0.1, 0.15) is 5.76 Å². The van der Waals surface area contributed by atoms with Gasteiger partial charge in [-0.1, -0.05) is 54.6 Å². The van der Waals surface area contributed by atoms with E-state index in [9.17, 15) is 5.11 Å². The van der Waals surface area contributed by atoms with Crippen LogP contribution in [0.2, 0.25) is 0 Å². The zero-order valence-corrected chi connectivity index (χ0v) is 10.4. The zero-order chi connectivity index (χ0) is 12.7. The first-order valence-electron chi connectivity index (χ1n) is 5.56. The number of allylic oxidation sites excluding steroid dienone is 5. The van der Waals surface area contributed by atoms with Gasteiger partial charge in [-0.25, -0.2) is 0 Å². The van der Waals surface area contributed by atoms with Crippen LogP contribution in [0.15, 0.2) is 66.5 Å². The van der Waals surface area contributed by atoms with Crippen molar-refractivity contribution >= 4 is 6.08 Å². The van der Waals surface area contributed by atoms with Gasteiger partial charge in [-0.05, 0) is 37.1 Å². The highest BCUT2D eigenvalue weighted by atomic mass is 16.3. The fourth-order valence-corrected chi connectivity index (χ4v) is 1.36. The number of hydrogen-bond acceptors (Lipinski definition) is 1. The first-order chi connectivity index (χ1) is 8.11. The molecule has 0 atom stereocenters. The van der Waals surface area contributed by atoms with Crippen molar-refractivity contribution in [2.45, 2.75) is 13.8 Å². The first kappa shape index (κ1) is 13.0. The highest BCUT2D eigenvalue weighted by Crippen LogP contribution is 2.08. The van der Waals surface area contributed by atoms with Crippen LogP contribution in [0.1, 0.15) is 18.1 Å². The summed E-state index contributed by atoms with van der Waals surface area (Å²) >= 11 is 0. The molecule has 0 aliphatic rings. The van der Waals surface area contributed by atoms with Crippen molar-refractivity contribution in [3.8, 4) is 0 Å². The zero-order valence-electron chi connectivity index (χ0n) is 10.4. The summed E-state index contributed by atoms with van der Waals surface area (Å²) in [5.41, 5.74) is 3.39. The van der Waals surface area contributed by atoms with Crippen molar-refractivity contribution in [1.82, 2.24) is 0 Å². The van der Waals surface area contributed by atoms with Gasteiger partial charge in [0.25, 0.3) is 0 Å². The van der Waals surface area contributed by atoms with E-state index in [2.05, 4.69) is 37.8 Å². The van der Waals surface area contributed by atoms with Gasteiger partial charge in [0.2, 0.25) is 0 Å². The summed E-state index contributed by atoms with van der Waals surface area (Å²) in [5.74, 6) is 0.214. The van der Waals surface area contributed by atoms with Crippen LogP contribution in [-0.4, -0.2) is 5.11 Å². The van der Waals surface area contributed by atoms with Crippen LogP contribution < -0.4 is 0 Å². The van der Waals surface area contributed by atoms with Crippen molar-refractivity contribution in [2.75, 3.05) is 0 Å². The van der Waals surface area contributed by atoms with Gasteiger partial charge in [0, 0.05) is 0 Å². The minimum absolute atomic E-state index is 0.214. The third-order valence-electron chi connectivity index (χ3n) is 2.28. The van der Waals surface area contributed by atoms with Crippen LogP contribution >= 0.6 is 0 Å². The van der Waals surface area contributed by atoms with E-state index in [1.54, 1.807) is 18.2 Å². The minimum Gasteiger partial charge on any atom is -0.508 e. The van der Waals surface area contributed by atoms with Crippen molar-refractivity contribution in [1.29, 1.82) is 0 Å². The predicted molar refractivity (Wildman–Crippen MR) is 74.9 cm³/mol. The Kier molecular flexibility index (Phi) is 5.02. The van der Waals surface area contributed by atoms with E-state index in [-0.39, 0.29) is 5.76 Å². The Hall–Kier alpha value is -2.02. The Morgan fingerprint density at radius 2 is 1.88 bits per heavy atom. The molecule has 0 fully saturated rings. The van der Waals surface area contributed by atoms with Gasteiger partial charge in [0.15, 0.2) is 0 Å². The second-order valence-corrected chi connectivity index (χ2v) is 3.96. The molecule has 1 heteroatoms. The standard InChI is InChI=1S/C16H18O/c1-4-5-16(17)12-14(3)8-11-15-9-6-13(2)7-10-15/h4-12,17H,1H2,2-3H3/b11-8+,14-12+,16-5+. The van der Waals surface area contributed by atoms with Crippen LogP contribution in [-0.2, 0) is 0 Å². The molecule has 0 aliphatic heterocycles. The Bertz CT molecular complexity index is 459. The van der Waals surface area contributed by atoms with E-state index in [0.717, 1.165) is 11.1 Å². The lowest BCUT2D eigenvalue weighted by molar-refractivity contribution is 0.432. The maximum absolute atomic E-state index is 9.43. The second kappa shape index (κ2) is 6.54. The summed E-state index contributed by atoms with van der Waals surface area (Å²) in [4.78, 5) is 0. The lowest BCUT2D eigenvalue weighted by Gasteiger charge is -1.96. The van der Waals surface area contributed by atoms with Gasteiger partial charge < -0.3 is 5.11 Å². The summed E-state index contributed by atoms with van der Waals surface area (Å²) in [5, 5.41) is 9.43. The van der Waals surface area contributed by atoms with Crippen LogP contribution in [0.4, 0.5) is 0 Å². The molecule has 0 aliphatic carbocycles. The summed E-state index contributed by atoms with van der Waals surface area (Å²) in [6.07, 6.45) is 8.81. The molecular formula is C16H18O. The van der Waals surface area contributed by atoms with E-state index >= 15 is 0 Å². The average molecular weight is 226 g/mol. The molecule has 0 amide bonds. The Morgan fingerprint density at radius 1 is 1.24 bits per heavy atom. The fourth-order valence-electron chi connectivity index (χ4n) is 1.36. The molecule has 17 heavy (non-hydrogen) atoms. The highest BCUT2D eigenvalue weighted by Gasteiger charge is 1.88. The van der Waals surface area contributed by atoms with E-state index in [4.69, 9.17) is 0 Å². The van der Waals surface area contributed by atoms with Crippen molar-refractivity contribution < 1.29 is 5.11 Å². The first-order valence-corrected chi connectivity index (χ1v) is 5.56. The van der Waals surface area contributed by atoms with Gasteiger partial charge in [0.05, 0.1) is 0 Å². The Labute approximate surface area is 103 Å². The lowest BCUT2D eigenvalue weighted by Crippen LogP contribution is -1.77. The number of rotatable bonds is 4. The summed E-state index contributed by atoms with van der Waals surface area (Å²) in [6, 6.07) is 8.29. The van der Waals surface area contributed by atoms with Gasteiger partial charge in [-0.3, -0.25) is 0 Å². The van der Waals surface area contributed by atoms with E-state index < -0.39 is 0 Å². The van der Waals surface area contributed by atoms with Crippen molar-refractivity contribution in [3.05, 3.63) is 77.6 Å². The fraction of sp³-hybridized carbons (Fsp3) is 0.125. The van der Waals surface area contributed by atoms with Gasteiger partial charge in [-0.2, -0.15) is 0 Å². The second-order valence-electron chi connectivity index (χ2n) is 3.96. The molecule has 0 unspecified atom stereocenters.